The first-order valence-electron chi connectivity index (χ1n) is 5.10. The molecular weight excluding hydrogens is 236 g/mol. The maximum atomic E-state index is 13.4. The molecule has 0 unspecified atom stereocenters. The van der Waals surface area contributed by atoms with Crippen LogP contribution in [-0.4, -0.2) is 5.78 Å². The van der Waals surface area contributed by atoms with Gasteiger partial charge in [-0.3, -0.25) is 4.79 Å². The van der Waals surface area contributed by atoms with Crippen molar-refractivity contribution < 1.29 is 22.4 Å². The molecule has 1 aromatic rings. The second-order valence-corrected chi connectivity index (χ2v) is 4.06. The predicted molar refractivity (Wildman–Crippen MR) is 55.0 cm³/mol. The molecule has 0 bridgehead atoms. The highest BCUT2D eigenvalue weighted by molar-refractivity contribution is 5.83. The van der Waals surface area contributed by atoms with E-state index >= 15 is 0 Å². The molecule has 0 aliphatic heterocycles. The molecule has 94 valence electrons. The van der Waals surface area contributed by atoms with Crippen molar-refractivity contribution in [3.05, 3.63) is 35.1 Å². The van der Waals surface area contributed by atoms with Gasteiger partial charge in [0.15, 0.2) is 0 Å². The topological polar surface area (TPSA) is 17.1 Å². The monoisotopic (exact) mass is 248 g/mol. The first kappa shape index (κ1) is 13.7. The smallest absolute Gasteiger partial charge is 0.299 e. The Labute approximate surface area is 96.4 Å². The molecule has 0 N–H and O–H groups in total. The highest BCUT2D eigenvalue weighted by atomic mass is 19.4. The molecule has 0 saturated heterocycles. The van der Waals surface area contributed by atoms with E-state index in [0.717, 1.165) is 18.2 Å². The molecule has 0 heterocycles. The van der Waals surface area contributed by atoms with Crippen molar-refractivity contribution in [3.8, 4) is 0 Å². The summed E-state index contributed by atoms with van der Waals surface area (Å²) in [4.78, 5) is 11.4. The van der Waals surface area contributed by atoms with Gasteiger partial charge in [-0.15, -0.1) is 0 Å². The van der Waals surface area contributed by atoms with Crippen LogP contribution in [0, 0.1) is 11.7 Å². The van der Waals surface area contributed by atoms with Crippen LogP contribution < -0.4 is 0 Å². The van der Waals surface area contributed by atoms with Crippen LogP contribution in [0.2, 0.25) is 0 Å². The summed E-state index contributed by atoms with van der Waals surface area (Å²) in [5, 5.41) is 0. The number of carbonyl (C=O) groups is 1. The first-order chi connectivity index (χ1) is 7.73. The molecule has 0 spiro atoms. The van der Waals surface area contributed by atoms with E-state index in [1.165, 1.54) is 0 Å². The van der Waals surface area contributed by atoms with Gasteiger partial charge < -0.3 is 0 Å². The highest BCUT2D eigenvalue weighted by Gasteiger charge is 2.34. The molecule has 0 aromatic heterocycles. The molecule has 1 rings (SSSR count). The number of alkyl halides is 3. The van der Waals surface area contributed by atoms with E-state index in [4.69, 9.17) is 0 Å². The Morgan fingerprint density at radius 1 is 1.29 bits per heavy atom. The van der Waals surface area contributed by atoms with E-state index in [2.05, 4.69) is 0 Å². The van der Waals surface area contributed by atoms with Crippen LogP contribution in [0.1, 0.15) is 25.0 Å². The number of carbonyl (C=O) groups excluding carboxylic acids is 1. The number of rotatable bonds is 3. The van der Waals surface area contributed by atoms with E-state index in [1.54, 1.807) is 13.8 Å². The van der Waals surface area contributed by atoms with Crippen LogP contribution >= 0.6 is 0 Å². The van der Waals surface area contributed by atoms with Gasteiger partial charge in [0.2, 0.25) is 0 Å². The minimum absolute atomic E-state index is 0.416. The number of hydrogen-bond acceptors (Lipinski definition) is 1. The van der Waals surface area contributed by atoms with Crippen molar-refractivity contribution in [1.82, 2.24) is 0 Å². The molecule has 17 heavy (non-hydrogen) atoms. The summed E-state index contributed by atoms with van der Waals surface area (Å²) >= 11 is 0. The molecule has 1 nitrogen and oxygen atoms in total. The fraction of sp³-hybridized carbons (Fsp3) is 0.417. The molecule has 1 aromatic carbocycles. The normalized spacial score (nSPS) is 11.9. The number of ketones is 1. The Morgan fingerprint density at radius 3 is 2.35 bits per heavy atom. The Kier molecular flexibility index (Phi) is 3.91. The average molecular weight is 248 g/mol. The SMILES string of the molecule is CC(C)C(=O)Cc1c(F)cccc1C(F)(F)F. The van der Waals surface area contributed by atoms with E-state index in [-0.39, 0.29) is 0 Å². The standard InChI is InChI=1S/C12H12F4O/c1-7(2)11(17)6-8-9(12(14,15)16)4-3-5-10(8)13/h3-5,7H,6H2,1-2H3. The van der Waals surface area contributed by atoms with Gasteiger partial charge in [0.25, 0.3) is 0 Å². The van der Waals surface area contributed by atoms with Crippen molar-refractivity contribution in [2.45, 2.75) is 26.4 Å². The van der Waals surface area contributed by atoms with Gasteiger partial charge in [0.05, 0.1) is 5.56 Å². The Hall–Kier alpha value is -1.39. The second kappa shape index (κ2) is 4.85. The minimum atomic E-state index is -4.64. The summed E-state index contributed by atoms with van der Waals surface area (Å²) in [7, 11) is 0. The van der Waals surface area contributed by atoms with Gasteiger partial charge in [-0.25, -0.2) is 4.39 Å². The van der Waals surface area contributed by atoms with Gasteiger partial charge >= 0.3 is 6.18 Å². The average Bonchev–Trinajstić information content (AvgIpc) is 2.18. The molecule has 0 aliphatic carbocycles. The van der Waals surface area contributed by atoms with E-state index < -0.39 is 41.2 Å². The molecule has 0 atom stereocenters. The molecule has 5 heteroatoms. The van der Waals surface area contributed by atoms with E-state index in [9.17, 15) is 22.4 Å². The van der Waals surface area contributed by atoms with Gasteiger partial charge in [-0.05, 0) is 12.1 Å². The van der Waals surface area contributed by atoms with Crippen LogP contribution in [0.15, 0.2) is 18.2 Å². The second-order valence-electron chi connectivity index (χ2n) is 4.06. The lowest BCUT2D eigenvalue weighted by molar-refractivity contribution is -0.138. The maximum Gasteiger partial charge on any atom is 0.416 e. The number of hydrogen-bond donors (Lipinski definition) is 0. The summed E-state index contributed by atoms with van der Waals surface area (Å²) in [5.41, 5.74) is -1.65. The third-order valence-corrected chi connectivity index (χ3v) is 2.42. The summed E-state index contributed by atoms with van der Waals surface area (Å²) in [6.45, 7) is 3.13. The fourth-order valence-corrected chi connectivity index (χ4v) is 1.38. The molecule has 0 amide bonds. The molecular formula is C12H12F4O. The molecule has 0 radical (unpaired) electrons. The van der Waals surface area contributed by atoms with Crippen molar-refractivity contribution >= 4 is 5.78 Å². The summed E-state index contributed by atoms with van der Waals surface area (Å²) in [5.74, 6) is -1.83. The number of benzene rings is 1. The summed E-state index contributed by atoms with van der Waals surface area (Å²) in [6.07, 6.45) is -5.17. The van der Waals surface area contributed by atoms with Gasteiger partial charge in [0, 0.05) is 17.9 Å². The van der Waals surface area contributed by atoms with E-state index in [1.807, 2.05) is 0 Å². The van der Waals surface area contributed by atoms with Crippen molar-refractivity contribution in [3.63, 3.8) is 0 Å². The molecule has 0 saturated carbocycles. The lowest BCUT2D eigenvalue weighted by Gasteiger charge is -2.13. The Bertz CT molecular complexity index is 421. The number of Topliss-reactive ketones (excluding diaryl/α,β-unsaturated/α-hetero) is 1. The van der Waals surface area contributed by atoms with E-state index in [0.29, 0.717) is 0 Å². The number of halogens is 4. The highest BCUT2D eigenvalue weighted by Crippen LogP contribution is 2.33. The quantitative estimate of drug-likeness (QED) is 0.747. The van der Waals surface area contributed by atoms with Crippen molar-refractivity contribution in [1.29, 1.82) is 0 Å². The largest absolute Gasteiger partial charge is 0.416 e. The first-order valence-corrected chi connectivity index (χ1v) is 5.10. The lowest BCUT2D eigenvalue weighted by atomic mass is 9.96. The summed E-state index contributed by atoms with van der Waals surface area (Å²) in [6, 6.07) is 2.70. The van der Waals surface area contributed by atoms with Crippen molar-refractivity contribution in [2.75, 3.05) is 0 Å². The molecule has 0 fully saturated rings. The fourth-order valence-electron chi connectivity index (χ4n) is 1.38. The summed E-state index contributed by atoms with van der Waals surface area (Å²) < 4.78 is 51.2. The Balaban J connectivity index is 3.18. The zero-order valence-electron chi connectivity index (χ0n) is 9.44. The zero-order chi connectivity index (χ0) is 13.2. The van der Waals surface area contributed by atoms with Gasteiger partial charge in [-0.2, -0.15) is 13.2 Å². The molecule has 0 aliphatic rings. The third-order valence-electron chi connectivity index (χ3n) is 2.42. The van der Waals surface area contributed by atoms with Crippen LogP contribution in [-0.2, 0) is 17.4 Å². The van der Waals surface area contributed by atoms with Crippen molar-refractivity contribution in [2.24, 2.45) is 5.92 Å². The maximum absolute atomic E-state index is 13.4. The van der Waals surface area contributed by atoms with Crippen LogP contribution in [0.4, 0.5) is 17.6 Å². The van der Waals surface area contributed by atoms with Crippen LogP contribution in [0.5, 0.6) is 0 Å². The zero-order valence-corrected chi connectivity index (χ0v) is 9.44. The predicted octanol–water partition coefficient (Wildman–Crippen LogP) is 3.61. The lowest BCUT2D eigenvalue weighted by Crippen LogP contribution is -2.17. The minimum Gasteiger partial charge on any atom is -0.299 e. The van der Waals surface area contributed by atoms with Crippen LogP contribution in [0.25, 0.3) is 0 Å². The van der Waals surface area contributed by atoms with Gasteiger partial charge in [0.1, 0.15) is 11.6 Å². The third kappa shape index (κ3) is 3.28. The van der Waals surface area contributed by atoms with Crippen LogP contribution in [0.3, 0.4) is 0 Å². The van der Waals surface area contributed by atoms with Gasteiger partial charge in [-0.1, -0.05) is 19.9 Å². The Morgan fingerprint density at radius 2 is 1.88 bits per heavy atom.